The molecule has 0 aliphatic heterocycles. The maximum atomic E-state index is 11.5. The van der Waals surface area contributed by atoms with Crippen LogP contribution in [0.25, 0.3) is 0 Å². The molecule has 0 unspecified atom stereocenters. The maximum Gasteiger partial charge on any atom is 0.313 e. The number of ether oxygens (including phenoxy) is 1. The van der Waals surface area contributed by atoms with Crippen LogP contribution in [0.2, 0.25) is 0 Å². The van der Waals surface area contributed by atoms with Crippen molar-refractivity contribution in [1.82, 2.24) is 10.6 Å². The van der Waals surface area contributed by atoms with Gasteiger partial charge in [-0.1, -0.05) is 19.8 Å². The van der Waals surface area contributed by atoms with E-state index < -0.39 is 5.97 Å². The molecule has 2 N–H and O–H groups in total. The third kappa shape index (κ3) is 12.8. The van der Waals surface area contributed by atoms with Crippen LogP contribution >= 0.6 is 0 Å². The molecule has 0 aliphatic carbocycles. The Hall–Kier alpha value is -1.92. The van der Waals surface area contributed by atoms with Gasteiger partial charge in [0.05, 0.1) is 13.2 Å². The first kappa shape index (κ1) is 19.1. The summed E-state index contributed by atoms with van der Waals surface area (Å²) in [6.45, 7) is 3.71. The zero-order valence-corrected chi connectivity index (χ0v) is 12.7. The van der Waals surface area contributed by atoms with Gasteiger partial charge in [0.25, 0.3) is 0 Å². The molecule has 0 aromatic rings. The summed E-state index contributed by atoms with van der Waals surface area (Å²) >= 11 is 0. The highest BCUT2D eigenvalue weighted by Crippen LogP contribution is 1.97. The molecular formula is C14H24N2O5. The fourth-order valence-electron chi connectivity index (χ4n) is 1.45. The van der Waals surface area contributed by atoms with Crippen molar-refractivity contribution >= 4 is 23.6 Å². The molecule has 0 rings (SSSR count). The minimum absolute atomic E-state index is 0.0653. The summed E-state index contributed by atoms with van der Waals surface area (Å²) in [7, 11) is 0. The molecule has 0 saturated carbocycles. The first-order chi connectivity index (χ1) is 9.95. The third-order valence-electron chi connectivity index (χ3n) is 2.58. The highest BCUT2D eigenvalue weighted by atomic mass is 16.5. The van der Waals surface area contributed by atoms with Gasteiger partial charge in [0.2, 0.25) is 11.8 Å². The van der Waals surface area contributed by atoms with E-state index in [4.69, 9.17) is 4.74 Å². The van der Waals surface area contributed by atoms with Gasteiger partial charge < -0.3 is 15.4 Å². The van der Waals surface area contributed by atoms with Crippen molar-refractivity contribution in [3.63, 3.8) is 0 Å². The third-order valence-corrected chi connectivity index (χ3v) is 2.58. The first-order valence-corrected chi connectivity index (χ1v) is 7.14. The molecule has 0 aromatic heterocycles. The van der Waals surface area contributed by atoms with Gasteiger partial charge >= 0.3 is 5.97 Å². The Balaban J connectivity index is 3.63. The summed E-state index contributed by atoms with van der Waals surface area (Å²) in [5.41, 5.74) is 0. The van der Waals surface area contributed by atoms with Gasteiger partial charge in [0.1, 0.15) is 12.2 Å². The molecule has 7 nitrogen and oxygen atoms in total. The molecule has 21 heavy (non-hydrogen) atoms. The molecule has 0 bridgehead atoms. The first-order valence-electron chi connectivity index (χ1n) is 7.14. The Labute approximate surface area is 124 Å². The number of rotatable bonds is 11. The fourth-order valence-corrected chi connectivity index (χ4v) is 1.45. The largest absolute Gasteiger partial charge is 0.465 e. The molecule has 0 atom stereocenters. The summed E-state index contributed by atoms with van der Waals surface area (Å²) in [5.74, 6) is -1.48. The lowest BCUT2D eigenvalue weighted by Gasteiger charge is -2.06. The summed E-state index contributed by atoms with van der Waals surface area (Å²) in [6.07, 6.45) is 2.62. The predicted octanol–water partition coefficient (Wildman–Crippen LogP) is 0.321. The molecule has 0 spiro atoms. The Morgan fingerprint density at radius 1 is 1.05 bits per heavy atom. The van der Waals surface area contributed by atoms with Crippen molar-refractivity contribution in [3.8, 4) is 0 Å². The molecule has 0 aliphatic rings. The van der Waals surface area contributed by atoms with E-state index in [1.165, 1.54) is 6.92 Å². The Bertz CT molecular complexity index is 368. The normalized spacial score (nSPS) is 9.81. The smallest absolute Gasteiger partial charge is 0.313 e. The molecule has 0 saturated heterocycles. The topological polar surface area (TPSA) is 102 Å². The zero-order valence-electron chi connectivity index (χ0n) is 12.7. The van der Waals surface area contributed by atoms with Crippen LogP contribution in [0, 0.1) is 0 Å². The van der Waals surface area contributed by atoms with E-state index in [0.717, 1.165) is 19.3 Å². The van der Waals surface area contributed by atoms with Crippen LogP contribution in [-0.4, -0.2) is 43.3 Å². The van der Waals surface area contributed by atoms with Crippen molar-refractivity contribution < 1.29 is 23.9 Å². The molecule has 0 heterocycles. The van der Waals surface area contributed by atoms with Gasteiger partial charge in [-0.15, -0.1) is 0 Å². The van der Waals surface area contributed by atoms with E-state index in [9.17, 15) is 19.2 Å². The number of carbonyl (C=O) groups excluding carboxylic acids is 4. The number of esters is 1. The van der Waals surface area contributed by atoms with Gasteiger partial charge in [-0.3, -0.25) is 19.2 Å². The minimum Gasteiger partial charge on any atom is -0.465 e. The second-order valence-electron chi connectivity index (χ2n) is 4.65. The van der Waals surface area contributed by atoms with Crippen LogP contribution in [0.5, 0.6) is 0 Å². The fraction of sp³-hybridized carbons (Fsp3) is 0.714. The van der Waals surface area contributed by atoms with Crippen molar-refractivity contribution in [2.24, 2.45) is 0 Å². The second kappa shape index (κ2) is 11.9. The number of ketones is 1. The van der Waals surface area contributed by atoms with Gasteiger partial charge in [-0.05, 0) is 6.42 Å². The van der Waals surface area contributed by atoms with Gasteiger partial charge in [-0.25, -0.2) is 0 Å². The lowest BCUT2D eigenvalue weighted by Crippen LogP contribution is -2.36. The molecule has 7 heteroatoms. The number of carbonyl (C=O) groups is 4. The molecule has 2 amide bonds. The van der Waals surface area contributed by atoms with Crippen molar-refractivity contribution in [2.45, 2.75) is 46.0 Å². The van der Waals surface area contributed by atoms with Crippen LogP contribution in [-0.2, 0) is 23.9 Å². The van der Waals surface area contributed by atoms with Crippen LogP contribution in [0.4, 0.5) is 0 Å². The van der Waals surface area contributed by atoms with Crippen LogP contribution in [0.1, 0.15) is 46.0 Å². The Kier molecular flexibility index (Phi) is 10.8. The van der Waals surface area contributed by atoms with E-state index in [1.54, 1.807) is 0 Å². The number of amides is 2. The van der Waals surface area contributed by atoms with E-state index in [2.05, 4.69) is 10.6 Å². The number of hydrogen-bond donors (Lipinski definition) is 2. The van der Waals surface area contributed by atoms with Crippen molar-refractivity contribution in [1.29, 1.82) is 0 Å². The van der Waals surface area contributed by atoms with Crippen LogP contribution in [0.3, 0.4) is 0 Å². The highest BCUT2D eigenvalue weighted by molar-refractivity contribution is 5.95. The maximum absolute atomic E-state index is 11.5. The average Bonchev–Trinajstić information content (AvgIpc) is 2.41. The predicted molar refractivity (Wildman–Crippen MR) is 76.4 cm³/mol. The van der Waals surface area contributed by atoms with Crippen molar-refractivity contribution in [2.75, 3.05) is 19.7 Å². The number of nitrogens with one attached hydrogen (secondary N) is 2. The number of Topliss-reactive ketones (excluding diaryl/α,β-unsaturated/α-hetero) is 1. The summed E-state index contributed by atoms with van der Waals surface area (Å²) in [6, 6.07) is 0. The molecule has 120 valence electrons. The standard InChI is InChI=1S/C14H24N2O5/c1-3-4-5-8-21-14(20)9-12(18)6-7-15-13(19)10-16-11(2)17/h3-10H2,1-2H3,(H,15,19)(H,16,17). The highest BCUT2D eigenvalue weighted by Gasteiger charge is 2.11. The van der Waals surface area contributed by atoms with E-state index in [0.29, 0.717) is 6.61 Å². The van der Waals surface area contributed by atoms with Crippen LogP contribution < -0.4 is 10.6 Å². The monoisotopic (exact) mass is 300 g/mol. The van der Waals surface area contributed by atoms with Gasteiger partial charge in [0, 0.05) is 19.9 Å². The van der Waals surface area contributed by atoms with Gasteiger partial charge in [-0.2, -0.15) is 0 Å². The molecular weight excluding hydrogens is 276 g/mol. The van der Waals surface area contributed by atoms with Crippen molar-refractivity contribution in [3.05, 3.63) is 0 Å². The molecule has 0 radical (unpaired) electrons. The summed E-state index contributed by atoms with van der Waals surface area (Å²) in [4.78, 5) is 44.6. The molecule has 0 aromatic carbocycles. The second-order valence-corrected chi connectivity index (χ2v) is 4.65. The van der Waals surface area contributed by atoms with Gasteiger partial charge in [0.15, 0.2) is 0 Å². The van der Waals surface area contributed by atoms with E-state index >= 15 is 0 Å². The minimum atomic E-state index is -0.527. The average molecular weight is 300 g/mol. The summed E-state index contributed by atoms with van der Waals surface area (Å²) in [5, 5.41) is 4.81. The SMILES string of the molecule is CCCCCOC(=O)CC(=O)CCNC(=O)CNC(C)=O. The van der Waals surface area contributed by atoms with Crippen LogP contribution in [0.15, 0.2) is 0 Å². The Morgan fingerprint density at radius 2 is 1.76 bits per heavy atom. The Morgan fingerprint density at radius 3 is 2.38 bits per heavy atom. The number of unbranched alkanes of at least 4 members (excludes halogenated alkanes) is 2. The van der Waals surface area contributed by atoms with E-state index in [1.807, 2.05) is 6.92 Å². The lowest BCUT2D eigenvalue weighted by molar-refractivity contribution is -0.146. The number of hydrogen-bond acceptors (Lipinski definition) is 5. The quantitative estimate of drug-likeness (QED) is 0.325. The molecule has 0 fully saturated rings. The van der Waals surface area contributed by atoms with E-state index in [-0.39, 0.29) is 43.5 Å². The lowest BCUT2D eigenvalue weighted by atomic mass is 10.2. The summed E-state index contributed by atoms with van der Waals surface area (Å²) < 4.78 is 4.91. The zero-order chi connectivity index (χ0) is 16.1.